The fourth-order valence-electron chi connectivity index (χ4n) is 1.82. The summed E-state index contributed by atoms with van der Waals surface area (Å²) in [6.07, 6.45) is 1.65. The molecule has 0 amide bonds. The smallest absolute Gasteiger partial charge is 0.355 e. The fraction of sp³-hybridized carbons (Fsp3) is 0.133. The monoisotopic (exact) mass is 361 g/mol. The van der Waals surface area contributed by atoms with Crippen LogP contribution in [0.5, 0.6) is 0 Å². The molecule has 0 saturated carbocycles. The molecule has 0 spiro atoms. The first-order valence-electron chi connectivity index (χ1n) is 6.52. The first kappa shape index (κ1) is 14.5. The Hall–Kier alpha value is -2.41. The highest BCUT2D eigenvalue weighted by molar-refractivity contribution is 9.10. The van der Waals surface area contributed by atoms with Crippen molar-refractivity contribution in [2.45, 2.75) is 13.5 Å². The summed E-state index contributed by atoms with van der Waals surface area (Å²) in [6.45, 7) is 1.93. The number of hydrogen-bond acceptors (Lipinski definition) is 5. The van der Waals surface area contributed by atoms with Gasteiger partial charge in [0.25, 0.3) is 5.89 Å². The highest BCUT2D eigenvalue weighted by Crippen LogP contribution is 2.17. The van der Waals surface area contributed by atoms with Crippen molar-refractivity contribution in [3.8, 4) is 11.4 Å². The van der Waals surface area contributed by atoms with Crippen LogP contribution in [0.25, 0.3) is 11.4 Å². The number of ether oxygens (including phenoxy) is 1. The summed E-state index contributed by atoms with van der Waals surface area (Å²) in [4.78, 5) is 18.8. The molecule has 3 aromatic rings. The highest BCUT2D eigenvalue weighted by Gasteiger charge is 2.13. The van der Waals surface area contributed by atoms with Crippen LogP contribution < -0.4 is 0 Å². The first-order chi connectivity index (χ1) is 10.6. The Balaban J connectivity index is 1.64. The van der Waals surface area contributed by atoms with Crippen molar-refractivity contribution in [3.05, 3.63) is 58.1 Å². The van der Waals surface area contributed by atoms with Gasteiger partial charge in [-0.3, -0.25) is 0 Å². The average molecular weight is 362 g/mol. The third kappa shape index (κ3) is 3.25. The summed E-state index contributed by atoms with van der Waals surface area (Å²) in [5.74, 6) is 0.226. The molecule has 0 aliphatic rings. The summed E-state index contributed by atoms with van der Waals surface area (Å²) in [7, 11) is 0. The van der Waals surface area contributed by atoms with Crippen molar-refractivity contribution in [2.24, 2.45) is 0 Å². The predicted octanol–water partition coefficient (Wildman–Crippen LogP) is 3.49. The quantitative estimate of drug-likeness (QED) is 0.719. The Morgan fingerprint density at radius 2 is 2.14 bits per heavy atom. The zero-order valence-corrected chi connectivity index (χ0v) is 13.3. The normalized spacial score (nSPS) is 10.6. The Kier molecular flexibility index (Phi) is 4.06. The van der Waals surface area contributed by atoms with E-state index in [9.17, 15) is 4.79 Å². The molecule has 0 aliphatic carbocycles. The van der Waals surface area contributed by atoms with Crippen LogP contribution in [0, 0.1) is 6.92 Å². The number of hydrogen-bond donors (Lipinski definition) is 1. The number of aromatic amines is 1. The number of benzene rings is 1. The van der Waals surface area contributed by atoms with Crippen molar-refractivity contribution >= 4 is 21.9 Å². The molecule has 1 N–H and O–H groups in total. The zero-order chi connectivity index (χ0) is 15.5. The maximum atomic E-state index is 11.8. The molecule has 0 bridgehead atoms. The zero-order valence-electron chi connectivity index (χ0n) is 11.7. The summed E-state index contributed by atoms with van der Waals surface area (Å²) in [5, 5.41) is 3.88. The number of aryl methyl sites for hydroxylation is 1. The number of nitrogens with zero attached hydrogens (tertiary/aromatic N) is 2. The van der Waals surface area contributed by atoms with Crippen LogP contribution in [0.3, 0.4) is 0 Å². The topological polar surface area (TPSA) is 81.0 Å². The van der Waals surface area contributed by atoms with Crippen molar-refractivity contribution in [1.29, 1.82) is 0 Å². The average Bonchev–Trinajstić information content (AvgIpc) is 3.15. The molecule has 0 atom stereocenters. The van der Waals surface area contributed by atoms with Gasteiger partial charge in [-0.1, -0.05) is 35.0 Å². The van der Waals surface area contributed by atoms with Gasteiger partial charge >= 0.3 is 5.97 Å². The Morgan fingerprint density at radius 1 is 1.36 bits per heavy atom. The summed E-state index contributed by atoms with van der Waals surface area (Å²) >= 11 is 3.25. The Bertz CT molecular complexity index is 792. The van der Waals surface area contributed by atoms with Crippen LogP contribution in [-0.4, -0.2) is 21.1 Å². The van der Waals surface area contributed by atoms with Crippen molar-refractivity contribution in [3.63, 3.8) is 0 Å². The molecule has 1 aromatic carbocycles. The first-order valence-corrected chi connectivity index (χ1v) is 7.32. The van der Waals surface area contributed by atoms with Crippen LogP contribution in [0.4, 0.5) is 0 Å². The van der Waals surface area contributed by atoms with E-state index in [4.69, 9.17) is 9.26 Å². The standard InChI is InChI=1S/C15H12BrN3O3/c1-9-2-4-10(5-3-9)14-18-13(22-19-14)8-21-15(20)12-6-11(16)7-17-12/h2-7,17H,8H2,1H3. The number of rotatable bonds is 4. The van der Waals surface area contributed by atoms with Gasteiger partial charge in [-0.05, 0) is 28.9 Å². The van der Waals surface area contributed by atoms with Gasteiger partial charge in [0.05, 0.1) is 0 Å². The Labute approximate surface area is 134 Å². The lowest BCUT2D eigenvalue weighted by Crippen LogP contribution is -2.05. The molecule has 6 nitrogen and oxygen atoms in total. The van der Waals surface area contributed by atoms with Crippen molar-refractivity contribution in [1.82, 2.24) is 15.1 Å². The van der Waals surface area contributed by atoms with E-state index in [1.807, 2.05) is 31.2 Å². The third-order valence-electron chi connectivity index (χ3n) is 2.97. The van der Waals surface area contributed by atoms with Gasteiger partial charge in [0.1, 0.15) is 5.69 Å². The lowest BCUT2D eigenvalue weighted by molar-refractivity contribution is 0.0423. The molecule has 3 rings (SSSR count). The van der Waals surface area contributed by atoms with E-state index in [2.05, 4.69) is 31.1 Å². The minimum atomic E-state index is -0.485. The van der Waals surface area contributed by atoms with Gasteiger partial charge in [0.2, 0.25) is 5.82 Å². The van der Waals surface area contributed by atoms with Gasteiger partial charge in [-0.2, -0.15) is 4.98 Å². The molecule has 7 heteroatoms. The molecule has 0 aliphatic heterocycles. The van der Waals surface area contributed by atoms with Gasteiger partial charge in [0, 0.05) is 16.2 Å². The fourth-order valence-corrected chi connectivity index (χ4v) is 2.17. The van der Waals surface area contributed by atoms with Gasteiger partial charge in [-0.15, -0.1) is 0 Å². The second-order valence-corrected chi connectivity index (χ2v) is 5.60. The third-order valence-corrected chi connectivity index (χ3v) is 3.43. The number of esters is 1. The largest absolute Gasteiger partial charge is 0.451 e. The molecule has 2 aromatic heterocycles. The van der Waals surface area contributed by atoms with E-state index >= 15 is 0 Å². The van der Waals surface area contributed by atoms with Crippen LogP contribution in [0.15, 0.2) is 45.5 Å². The maximum absolute atomic E-state index is 11.8. The van der Waals surface area contributed by atoms with E-state index in [0.29, 0.717) is 11.5 Å². The number of nitrogens with one attached hydrogen (secondary N) is 1. The highest BCUT2D eigenvalue weighted by atomic mass is 79.9. The Morgan fingerprint density at radius 3 is 2.82 bits per heavy atom. The molecule has 0 saturated heterocycles. The molecule has 2 heterocycles. The number of aromatic nitrogens is 3. The van der Waals surface area contributed by atoms with E-state index in [-0.39, 0.29) is 12.5 Å². The second-order valence-electron chi connectivity index (χ2n) is 4.69. The van der Waals surface area contributed by atoms with E-state index in [0.717, 1.165) is 15.6 Å². The lowest BCUT2D eigenvalue weighted by Gasteiger charge is -1.98. The molecular formula is C15H12BrN3O3. The van der Waals surface area contributed by atoms with Crippen LogP contribution in [-0.2, 0) is 11.3 Å². The molecule has 0 radical (unpaired) electrons. The number of carbonyl (C=O) groups is 1. The van der Waals surface area contributed by atoms with E-state index < -0.39 is 5.97 Å². The number of H-pyrrole nitrogens is 1. The number of halogens is 1. The SMILES string of the molecule is Cc1ccc(-c2noc(COC(=O)c3cc(Br)c[nH]3)n2)cc1. The predicted molar refractivity (Wildman–Crippen MR) is 82.1 cm³/mol. The van der Waals surface area contributed by atoms with Crippen molar-refractivity contribution < 1.29 is 14.1 Å². The second kappa shape index (κ2) is 6.15. The van der Waals surface area contributed by atoms with Crippen LogP contribution in [0.2, 0.25) is 0 Å². The summed E-state index contributed by atoms with van der Waals surface area (Å²) in [5.41, 5.74) is 2.35. The molecular weight excluding hydrogens is 350 g/mol. The van der Waals surface area contributed by atoms with Crippen LogP contribution >= 0.6 is 15.9 Å². The molecule has 0 fully saturated rings. The minimum absolute atomic E-state index is 0.0751. The maximum Gasteiger partial charge on any atom is 0.355 e. The molecule has 22 heavy (non-hydrogen) atoms. The summed E-state index contributed by atoms with van der Waals surface area (Å²) in [6, 6.07) is 9.38. The molecule has 0 unspecified atom stereocenters. The number of carbonyl (C=O) groups excluding carboxylic acids is 1. The van der Waals surface area contributed by atoms with E-state index in [1.54, 1.807) is 12.3 Å². The molecule has 112 valence electrons. The lowest BCUT2D eigenvalue weighted by atomic mass is 10.1. The van der Waals surface area contributed by atoms with E-state index in [1.165, 1.54) is 0 Å². The summed E-state index contributed by atoms with van der Waals surface area (Å²) < 4.78 is 11.0. The van der Waals surface area contributed by atoms with Crippen molar-refractivity contribution in [2.75, 3.05) is 0 Å². The van der Waals surface area contributed by atoms with Gasteiger partial charge in [-0.25, -0.2) is 4.79 Å². The van der Waals surface area contributed by atoms with Crippen LogP contribution in [0.1, 0.15) is 21.9 Å². The van der Waals surface area contributed by atoms with Gasteiger partial charge in [0.15, 0.2) is 6.61 Å². The van der Waals surface area contributed by atoms with Gasteiger partial charge < -0.3 is 14.2 Å². The minimum Gasteiger partial charge on any atom is -0.451 e.